The molecule has 1 unspecified atom stereocenters. The number of hydrogen-bond acceptors (Lipinski definition) is 4. The van der Waals surface area contributed by atoms with Crippen LogP contribution in [0.15, 0.2) is 48.8 Å². The zero-order valence-electron chi connectivity index (χ0n) is 15.9. The van der Waals surface area contributed by atoms with E-state index in [-0.39, 0.29) is 12.1 Å². The van der Waals surface area contributed by atoms with E-state index in [0.717, 1.165) is 54.3 Å². The number of carbonyl (C=O) groups is 1. The summed E-state index contributed by atoms with van der Waals surface area (Å²) in [6, 6.07) is 11.8. The fourth-order valence-electron chi connectivity index (χ4n) is 3.65. The van der Waals surface area contributed by atoms with Crippen molar-refractivity contribution in [2.75, 3.05) is 11.9 Å². The molecule has 1 aliphatic rings. The van der Waals surface area contributed by atoms with Gasteiger partial charge in [-0.05, 0) is 55.5 Å². The van der Waals surface area contributed by atoms with Gasteiger partial charge in [0, 0.05) is 31.0 Å². The van der Waals surface area contributed by atoms with Gasteiger partial charge in [0.25, 0.3) is 0 Å². The van der Waals surface area contributed by atoms with Gasteiger partial charge in [0.1, 0.15) is 5.82 Å². The lowest BCUT2D eigenvalue weighted by Crippen LogP contribution is -2.41. The van der Waals surface area contributed by atoms with Gasteiger partial charge in [0.05, 0.1) is 6.04 Å². The molecule has 1 aliphatic heterocycles. The second-order valence-electron chi connectivity index (χ2n) is 7.13. The standard InChI is InChI=1S/C21H24N6O/c1-15-23-20(26-25-15)13-16-7-9-18(10-8-16)24-21(28)27-12-3-2-6-19(27)17-5-4-11-22-14-17/h4-5,7-11,14,19H,2-3,6,12-13H2,1H3,(H,24,28)(H,23,25,26). The fourth-order valence-corrected chi connectivity index (χ4v) is 3.65. The summed E-state index contributed by atoms with van der Waals surface area (Å²) in [6.07, 6.45) is 7.40. The summed E-state index contributed by atoms with van der Waals surface area (Å²) >= 11 is 0. The van der Waals surface area contributed by atoms with Crippen molar-refractivity contribution >= 4 is 11.7 Å². The van der Waals surface area contributed by atoms with E-state index >= 15 is 0 Å². The molecule has 0 spiro atoms. The molecule has 0 saturated carbocycles. The van der Waals surface area contributed by atoms with E-state index in [4.69, 9.17) is 0 Å². The first-order chi connectivity index (χ1) is 13.7. The summed E-state index contributed by atoms with van der Waals surface area (Å²) < 4.78 is 0. The highest BCUT2D eigenvalue weighted by molar-refractivity contribution is 5.89. The first kappa shape index (κ1) is 18.2. The van der Waals surface area contributed by atoms with E-state index in [1.165, 1.54) is 0 Å². The third-order valence-electron chi connectivity index (χ3n) is 5.04. The smallest absolute Gasteiger partial charge is 0.317 e. The number of urea groups is 1. The normalized spacial score (nSPS) is 16.8. The molecule has 1 atom stereocenters. The quantitative estimate of drug-likeness (QED) is 0.724. The Kier molecular flexibility index (Phi) is 5.32. The molecule has 2 amide bonds. The predicted molar refractivity (Wildman–Crippen MR) is 107 cm³/mol. The molecule has 4 rings (SSSR count). The van der Waals surface area contributed by atoms with Gasteiger partial charge in [0.2, 0.25) is 0 Å². The number of hydrogen-bond donors (Lipinski definition) is 2. The van der Waals surface area contributed by atoms with E-state index in [0.29, 0.717) is 6.42 Å². The first-order valence-corrected chi connectivity index (χ1v) is 9.63. The lowest BCUT2D eigenvalue weighted by Gasteiger charge is -2.35. The van der Waals surface area contributed by atoms with Crippen LogP contribution in [-0.2, 0) is 6.42 Å². The Labute approximate surface area is 164 Å². The van der Waals surface area contributed by atoms with Crippen LogP contribution in [0.2, 0.25) is 0 Å². The molecule has 1 saturated heterocycles. The first-order valence-electron chi connectivity index (χ1n) is 9.63. The van der Waals surface area contributed by atoms with Crippen LogP contribution in [-0.4, -0.2) is 37.6 Å². The van der Waals surface area contributed by atoms with Crippen molar-refractivity contribution in [1.82, 2.24) is 25.1 Å². The van der Waals surface area contributed by atoms with Gasteiger partial charge in [-0.3, -0.25) is 10.1 Å². The maximum atomic E-state index is 12.9. The molecule has 7 nitrogen and oxygen atoms in total. The highest BCUT2D eigenvalue weighted by Crippen LogP contribution is 2.31. The largest absolute Gasteiger partial charge is 0.322 e. The topological polar surface area (TPSA) is 86.8 Å². The van der Waals surface area contributed by atoms with E-state index in [2.05, 4.69) is 25.5 Å². The van der Waals surface area contributed by atoms with Crippen molar-refractivity contribution in [3.63, 3.8) is 0 Å². The van der Waals surface area contributed by atoms with Crippen molar-refractivity contribution in [2.45, 2.75) is 38.6 Å². The van der Waals surface area contributed by atoms with Gasteiger partial charge in [-0.1, -0.05) is 18.2 Å². The van der Waals surface area contributed by atoms with Gasteiger partial charge in [-0.2, -0.15) is 5.10 Å². The van der Waals surface area contributed by atoms with Crippen LogP contribution in [0, 0.1) is 6.92 Å². The summed E-state index contributed by atoms with van der Waals surface area (Å²) in [5.74, 6) is 1.57. The molecule has 1 fully saturated rings. The molecule has 0 aliphatic carbocycles. The highest BCUT2D eigenvalue weighted by Gasteiger charge is 2.28. The lowest BCUT2D eigenvalue weighted by molar-refractivity contribution is 0.163. The van der Waals surface area contributed by atoms with Crippen LogP contribution in [0.4, 0.5) is 10.5 Å². The number of aryl methyl sites for hydroxylation is 1. The minimum Gasteiger partial charge on any atom is -0.317 e. The number of likely N-dealkylation sites (tertiary alicyclic amines) is 1. The number of benzene rings is 1. The lowest BCUT2D eigenvalue weighted by atomic mass is 9.97. The Bertz CT molecular complexity index is 922. The number of carbonyl (C=O) groups excluding carboxylic acids is 1. The molecule has 3 aromatic rings. The number of nitrogens with zero attached hydrogens (tertiary/aromatic N) is 4. The van der Waals surface area contributed by atoms with Crippen molar-refractivity contribution in [2.24, 2.45) is 0 Å². The minimum absolute atomic E-state index is 0.0640. The van der Waals surface area contributed by atoms with Crippen LogP contribution in [0.3, 0.4) is 0 Å². The molecule has 0 bridgehead atoms. The van der Waals surface area contributed by atoms with Crippen LogP contribution >= 0.6 is 0 Å². The zero-order chi connectivity index (χ0) is 19.3. The summed E-state index contributed by atoms with van der Waals surface area (Å²) in [7, 11) is 0. The van der Waals surface area contributed by atoms with E-state index in [9.17, 15) is 4.79 Å². The molecule has 28 heavy (non-hydrogen) atoms. The molecule has 2 N–H and O–H groups in total. The third kappa shape index (κ3) is 4.19. The zero-order valence-corrected chi connectivity index (χ0v) is 15.9. The Morgan fingerprint density at radius 3 is 2.82 bits per heavy atom. The molecule has 0 radical (unpaired) electrons. The Morgan fingerprint density at radius 1 is 1.25 bits per heavy atom. The summed E-state index contributed by atoms with van der Waals surface area (Å²) in [5, 5.41) is 10.1. The molecule has 144 valence electrons. The molecule has 2 aromatic heterocycles. The van der Waals surface area contributed by atoms with E-state index in [1.807, 2.05) is 54.4 Å². The van der Waals surface area contributed by atoms with Gasteiger partial charge >= 0.3 is 6.03 Å². The molecule has 3 heterocycles. The molecular weight excluding hydrogens is 352 g/mol. The summed E-state index contributed by atoms with van der Waals surface area (Å²) in [6.45, 7) is 2.64. The van der Waals surface area contributed by atoms with Gasteiger partial charge in [-0.25, -0.2) is 9.78 Å². The fraction of sp³-hybridized carbons (Fsp3) is 0.333. The average Bonchev–Trinajstić information content (AvgIpc) is 3.14. The minimum atomic E-state index is -0.0640. The monoisotopic (exact) mass is 376 g/mol. The van der Waals surface area contributed by atoms with Crippen LogP contribution < -0.4 is 5.32 Å². The van der Waals surface area contributed by atoms with Crippen molar-refractivity contribution in [3.05, 3.63) is 71.6 Å². The predicted octanol–water partition coefficient (Wildman–Crippen LogP) is 3.86. The van der Waals surface area contributed by atoms with E-state index in [1.54, 1.807) is 6.20 Å². The third-order valence-corrected chi connectivity index (χ3v) is 5.04. The number of amides is 2. The summed E-state index contributed by atoms with van der Waals surface area (Å²) in [4.78, 5) is 23.4. The van der Waals surface area contributed by atoms with Crippen LogP contribution in [0.25, 0.3) is 0 Å². The highest BCUT2D eigenvalue weighted by atomic mass is 16.2. The van der Waals surface area contributed by atoms with E-state index < -0.39 is 0 Å². The van der Waals surface area contributed by atoms with Gasteiger partial charge in [0.15, 0.2) is 5.82 Å². The number of pyridine rings is 1. The SMILES string of the molecule is Cc1nc(Cc2ccc(NC(=O)N3CCCCC3c3cccnc3)cc2)n[nH]1. The number of piperidine rings is 1. The Hall–Kier alpha value is -3.22. The Morgan fingerprint density at radius 2 is 2.11 bits per heavy atom. The number of nitrogens with one attached hydrogen (secondary N) is 2. The molecular formula is C21H24N6O. The number of aromatic amines is 1. The maximum absolute atomic E-state index is 12.9. The number of rotatable bonds is 4. The molecule has 1 aromatic carbocycles. The number of aromatic nitrogens is 4. The second-order valence-corrected chi connectivity index (χ2v) is 7.13. The van der Waals surface area contributed by atoms with Crippen molar-refractivity contribution in [3.8, 4) is 0 Å². The molecule has 7 heteroatoms. The number of anilines is 1. The van der Waals surface area contributed by atoms with Crippen LogP contribution in [0.5, 0.6) is 0 Å². The summed E-state index contributed by atoms with van der Waals surface area (Å²) in [5.41, 5.74) is 2.98. The van der Waals surface area contributed by atoms with Gasteiger partial charge in [-0.15, -0.1) is 0 Å². The average molecular weight is 376 g/mol. The number of H-pyrrole nitrogens is 1. The van der Waals surface area contributed by atoms with Crippen molar-refractivity contribution in [1.29, 1.82) is 0 Å². The maximum Gasteiger partial charge on any atom is 0.322 e. The van der Waals surface area contributed by atoms with Gasteiger partial charge < -0.3 is 10.2 Å². The van der Waals surface area contributed by atoms with Crippen molar-refractivity contribution < 1.29 is 4.79 Å². The Balaban J connectivity index is 1.42. The van der Waals surface area contributed by atoms with Crippen LogP contribution in [0.1, 0.15) is 48.1 Å². The second kappa shape index (κ2) is 8.21.